The van der Waals surface area contributed by atoms with Gasteiger partial charge in [0, 0.05) is 26.5 Å². The zero-order valence-electron chi connectivity index (χ0n) is 7.48. The molecular formula is C6H12N6O. The maximum atomic E-state index is 10.2. The van der Waals surface area contributed by atoms with Crippen molar-refractivity contribution in [2.24, 2.45) is 11.0 Å². The molecule has 0 aliphatic heterocycles. The summed E-state index contributed by atoms with van der Waals surface area (Å²) < 4.78 is 0. The second kappa shape index (κ2) is 5.70. The van der Waals surface area contributed by atoms with Crippen molar-refractivity contribution in [2.75, 3.05) is 14.1 Å². The Kier molecular flexibility index (Phi) is 4.85. The van der Waals surface area contributed by atoms with Gasteiger partial charge in [0.1, 0.15) is 0 Å². The van der Waals surface area contributed by atoms with Crippen LogP contribution in [0.25, 0.3) is 0 Å². The van der Waals surface area contributed by atoms with Gasteiger partial charge in [-0.05, 0) is 0 Å². The second-order valence-corrected chi connectivity index (χ2v) is 2.25. The molecule has 0 aliphatic carbocycles. The molecule has 0 radical (unpaired) electrons. The van der Waals surface area contributed by atoms with Crippen molar-refractivity contribution >= 4 is 5.91 Å². The van der Waals surface area contributed by atoms with Crippen LogP contribution in [0.2, 0.25) is 0 Å². The van der Waals surface area contributed by atoms with Gasteiger partial charge in [0.15, 0.2) is 5.82 Å². The van der Waals surface area contributed by atoms with Crippen molar-refractivity contribution in [3.05, 3.63) is 18.2 Å². The smallest absolute Gasteiger partial charge is 0.284 e. The van der Waals surface area contributed by atoms with Gasteiger partial charge in [-0.25, -0.2) is 4.98 Å². The maximum Gasteiger partial charge on any atom is 0.284 e. The summed E-state index contributed by atoms with van der Waals surface area (Å²) in [5.41, 5.74) is 11.0. The zero-order chi connectivity index (χ0) is 10.3. The predicted molar refractivity (Wildman–Crippen MR) is 45.9 cm³/mol. The fourth-order valence-corrected chi connectivity index (χ4v) is 0.400. The number of nitrogens with zero attached hydrogens (tertiary/aromatic N) is 3. The molecule has 1 amide bonds. The van der Waals surface area contributed by atoms with Crippen molar-refractivity contribution in [1.82, 2.24) is 15.0 Å². The molecule has 0 saturated carbocycles. The molecule has 1 heterocycles. The average molecular weight is 184 g/mol. The van der Waals surface area contributed by atoms with E-state index >= 15 is 0 Å². The molecule has 0 bridgehead atoms. The highest BCUT2D eigenvalue weighted by atomic mass is 16.1. The lowest BCUT2D eigenvalue weighted by Gasteiger charge is -1.94. The van der Waals surface area contributed by atoms with E-state index in [1.165, 1.54) is 11.2 Å². The Balaban J connectivity index is 0.000000252. The van der Waals surface area contributed by atoms with Crippen molar-refractivity contribution in [3.63, 3.8) is 0 Å². The van der Waals surface area contributed by atoms with Gasteiger partial charge in [0.05, 0.1) is 0 Å². The SMILES string of the molecule is CN(C)N=N.NC(=O)c1ncc[nH]1. The van der Waals surface area contributed by atoms with Crippen LogP contribution in [-0.2, 0) is 0 Å². The van der Waals surface area contributed by atoms with Crippen molar-refractivity contribution < 1.29 is 4.79 Å². The van der Waals surface area contributed by atoms with Crippen molar-refractivity contribution in [3.8, 4) is 0 Å². The summed E-state index contributed by atoms with van der Waals surface area (Å²) in [6, 6.07) is 0. The van der Waals surface area contributed by atoms with Crippen LogP contribution in [-0.4, -0.2) is 35.0 Å². The summed E-state index contributed by atoms with van der Waals surface area (Å²) in [4.78, 5) is 16.3. The van der Waals surface area contributed by atoms with Gasteiger partial charge in [0.25, 0.3) is 5.91 Å². The third-order valence-electron chi connectivity index (χ3n) is 0.932. The van der Waals surface area contributed by atoms with E-state index in [1.807, 2.05) is 0 Å². The Morgan fingerprint density at radius 2 is 2.31 bits per heavy atom. The molecule has 0 spiro atoms. The highest BCUT2D eigenvalue weighted by molar-refractivity contribution is 5.88. The number of aromatic amines is 1. The second-order valence-electron chi connectivity index (χ2n) is 2.25. The topological polar surface area (TPSA) is 111 Å². The molecule has 7 heteroatoms. The minimum absolute atomic E-state index is 0.199. The molecule has 0 aromatic carbocycles. The number of aromatic nitrogens is 2. The lowest BCUT2D eigenvalue weighted by Crippen LogP contribution is -2.12. The molecule has 72 valence electrons. The number of amides is 1. The van der Waals surface area contributed by atoms with Gasteiger partial charge in [-0.2, -0.15) is 5.53 Å². The minimum Gasteiger partial charge on any atom is -0.363 e. The predicted octanol–water partition coefficient (Wildman–Crippen LogP) is 0.00257. The van der Waals surface area contributed by atoms with Crippen molar-refractivity contribution in [2.45, 2.75) is 0 Å². The number of nitrogens with two attached hydrogens (primary N) is 1. The number of primary amides is 1. The van der Waals surface area contributed by atoms with E-state index in [9.17, 15) is 4.79 Å². The van der Waals surface area contributed by atoms with E-state index < -0.39 is 5.91 Å². The minimum atomic E-state index is -0.532. The Labute approximate surface area is 75.4 Å². The first-order valence-corrected chi connectivity index (χ1v) is 3.41. The molecule has 1 aromatic rings. The van der Waals surface area contributed by atoms with Crippen LogP contribution >= 0.6 is 0 Å². The average Bonchev–Trinajstić information content (AvgIpc) is 2.57. The van der Waals surface area contributed by atoms with E-state index in [0.717, 1.165) is 0 Å². The summed E-state index contributed by atoms with van der Waals surface area (Å²) in [7, 11) is 3.40. The van der Waals surface area contributed by atoms with Crippen LogP contribution in [0, 0.1) is 5.53 Å². The van der Waals surface area contributed by atoms with E-state index in [0.29, 0.717) is 0 Å². The van der Waals surface area contributed by atoms with Gasteiger partial charge in [-0.15, -0.1) is 0 Å². The Bertz CT molecular complexity index is 254. The van der Waals surface area contributed by atoms with Gasteiger partial charge in [-0.3, -0.25) is 9.80 Å². The van der Waals surface area contributed by atoms with E-state index in [-0.39, 0.29) is 5.82 Å². The third kappa shape index (κ3) is 5.36. The lowest BCUT2D eigenvalue weighted by molar-refractivity contribution is 0.0991. The first-order valence-electron chi connectivity index (χ1n) is 3.41. The molecule has 0 unspecified atom stereocenters. The lowest BCUT2D eigenvalue weighted by atomic mass is 10.6. The summed E-state index contributed by atoms with van der Waals surface area (Å²) in [5, 5.41) is 4.39. The fourth-order valence-electron chi connectivity index (χ4n) is 0.400. The number of imidazole rings is 1. The van der Waals surface area contributed by atoms with Crippen molar-refractivity contribution in [1.29, 1.82) is 5.53 Å². The summed E-state index contributed by atoms with van der Waals surface area (Å²) >= 11 is 0. The Hall–Kier alpha value is -1.92. The number of rotatable bonds is 2. The Morgan fingerprint density at radius 3 is 2.46 bits per heavy atom. The third-order valence-corrected chi connectivity index (χ3v) is 0.932. The highest BCUT2D eigenvalue weighted by Gasteiger charge is 1.97. The van der Waals surface area contributed by atoms with Crippen LogP contribution in [0.4, 0.5) is 0 Å². The molecule has 7 nitrogen and oxygen atoms in total. The quantitative estimate of drug-likeness (QED) is 0.444. The summed E-state index contributed by atoms with van der Waals surface area (Å²) in [5.74, 6) is -0.333. The number of hydrogen-bond acceptors (Lipinski definition) is 4. The largest absolute Gasteiger partial charge is 0.363 e. The number of nitrogens with one attached hydrogen (secondary N) is 2. The Morgan fingerprint density at radius 1 is 1.77 bits per heavy atom. The van der Waals surface area contributed by atoms with E-state index in [4.69, 9.17) is 11.3 Å². The number of H-pyrrole nitrogens is 1. The highest BCUT2D eigenvalue weighted by Crippen LogP contribution is 1.82. The first kappa shape index (κ1) is 11.1. The molecule has 0 saturated heterocycles. The number of carbonyl (C=O) groups is 1. The van der Waals surface area contributed by atoms with Gasteiger partial charge >= 0.3 is 0 Å². The normalized spacial score (nSPS) is 8.15. The monoisotopic (exact) mass is 184 g/mol. The fraction of sp³-hybridized carbons (Fsp3) is 0.333. The molecule has 13 heavy (non-hydrogen) atoms. The van der Waals surface area contributed by atoms with Crippen LogP contribution in [0.15, 0.2) is 17.6 Å². The van der Waals surface area contributed by atoms with Gasteiger partial charge in [-0.1, -0.05) is 5.22 Å². The molecular weight excluding hydrogens is 172 g/mol. The molecule has 4 N–H and O–H groups in total. The van der Waals surface area contributed by atoms with Gasteiger partial charge in [0.2, 0.25) is 0 Å². The molecule has 1 aromatic heterocycles. The molecule has 0 atom stereocenters. The maximum absolute atomic E-state index is 10.2. The molecule has 1 rings (SSSR count). The van der Waals surface area contributed by atoms with Crippen LogP contribution in [0.1, 0.15) is 10.6 Å². The summed E-state index contributed by atoms with van der Waals surface area (Å²) in [6.07, 6.45) is 3.01. The van der Waals surface area contributed by atoms with E-state index in [2.05, 4.69) is 15.2 Å². The first-order chi connectivity index (χ1) is 6.07. The van der Waals surface area contributed by atoms with Crippen LogP contribution in [0.5, 0.6) is 0 Å². The number of carbonyl (C=O) groups excluding carboxylic acids is 1. The summed E-state index contributed by atoms with van der Waals surface area (Å²) in [6.45, 7) is 0. The molecule has 0 fully saturated rings. The number of hydrogen-bond donors (Lipinski definition) is 3. The van der Waals surface area contributed by atoms with Crippen LogP contribution in [0.3, 0.4) is 0 Å². The standard InChI is InChI=1S/C4H5N3O.C2H7N3/c5-3(8)4-6-1-2-7-4;1-5(2)4-3/h1-2H,(H2,5,8)(H,6,7);3H,1-2H3. The van der Waals surface area contributed by atoms with Gasteiger partial charge < -0.3 is 10.7 Å². The zero-order valence-corrected chi connectivity index (χ0v) is 7.48. The van der Waals surface area contributed by atoms with Crippen LogP contribution < -0.4 is 5.73 Å². The van der Waals surface area contributed by atoms with E-state index in [1.54, 1.807) is 20.3 Å². The molecule has 0 aliphatic rings.